The Bertz CT molecular complexity index is 5580. The van der Waals surface area contributed by atoms with Gasteiger partial charge in [-0.2, -0.15) is 0 Å². The Morgan fingerprint density at radius 3 is 1.14 bits per heavy atom. The van der Waals surface area contributed by atoms with Crippen LogP contribution in [0.2, 0.25) is 0 Å². The van der Waals surface area contributed by atoms with E-state index in [-0.39, 0.29) is 77.0 Å². The molecule has 14 rings (SSSR count). The largest absolute Gasteiger partial charge is 0.456 e. The van der Waals surface area contributed by atoms with E-state index in [1.807, 2.05) is 0 Å². The first-order valence-electron chi connectivity index (χ1n) is 44.1. The number of ether oxygens (including phenoxy) is 11. The molecule has 34 nitrogen and oxygen atoms in total. The van der Waals surface area contributed by atoms with Gasteiger partial charge >= 0.3 is 53.7 Å². The lowest BCUT2D eigenvalue weighted by molar-refractivity contribution is -0.346. The van der Waals surface area contributed by atoms with Crippen molar-refractivity contribution in [3.63, 3.8) is 0 Å². The molecular formula is C100H112N4O30. The minimum Gasteiger partial charge on any atom is -0.456 e. The van der Waals surface area contributed by atoms with E-state index in [1.54, 1.807) is 174 Å². The zero-order valence-electron chi connectivity index (χ0n) is 76.6. The van der Waals surface area contributed by atoms with Gasteiger partial charge in [0.15, 0.2) is 41.1 Å². The average Bonchev–Trinajstić information content (AvgIpc) is 0.670. The number of aliphatic hydroxyl groups excluding tert-OH is 3. The number of hydrazine groups is 1. The average molecular weight is 1850 g/mol. The van der Waals surface area contributed by atoms with Gasteiger partial charge < -0.3 is 88.3 Å². The molecule has 712 valence electrons. The van der Waals surface area contributed by atoms with Gasteiger partial charge in [0.25, 0.3) is 11.8 Å². The number of carbonyl (C=O) groups is 14. The van der Waals surface area contributed by atoms with Crippen molar-refractivity contribution in [1.82, 2.24) is 21.1 Å². The van der Waals surface area contributed by atoms with Crippen LogP contribution in [0.1, 0.15) is 186 Å². The van der Waals surface area contributed by atoms with Crippen LogP contribution in [-0.2, 0) is 100 Å². The van der Waals surface area contributed by atoms with E-state index < -0.39 is 244 Å². The van der Waals surface area contributed by atoms with Crippen LogP contribution < -0.4 is 16.1 Å². The van der Waals surface area contributed by atoms with E-state index >= 15 is 14.4 Å². The minimum absolute atomic E-state index is 0.00289. The third-order valence-corrected chi connectivity index (χ3v) is 28.1. The number of amides is 3. The molecule has 34 heteroatoms. The number of rotatable bonds is 25. The normalized spacial score (nSPS) is 30.3. The van der Waals surface area contributed by atoms with E-state index in [4.69, 9.17) is 52.1 Å². The summed E-state index contributed by atoms with van der Waals surface area (Å²) in [6.07, 6.45) is -22.4. The Morgan fingerprint density at radius 1 is 0.455 bits per heavy atom. The molecule has 134 heavy (non-hydrogen) atoms. The van der Waals surface area contributed by atoms with Crippen molar-refractivity contribution in [2.45, 2.75) is 229 Å². The maximum Gasteiger partial charge on any atom is 0.350 e. The number of esters is 9. The molecule has 8 aliphatic rings. The highest BCUT2D eigenvalue weighted by atomic mass is 16.7. The summed E-state index contributed by atoms with van der Waals surface area (Å²) in [6, 6.07) is 45.4. The van der Waals surface area contributed by atoms with E-state index in [2.05, 4.69) is 16.1 Å². The molecule has 0 radical (unpaired) electrons. The van der Waals surface area contributed by atoms with E-state index in [0.717, 1.165) is 27.7 Å². The van der Waals surface area contributed by atoms with Crippen molar-refractivity contribution in [3.05, 3.63) is 238 Å². The number of ketones is 2. The van der Waals surface area contributed by atoms with Gasteiger partial charge in [-0.15, -0.1) is 0 Å². The second-order valence-corrected chi connectivity index (χ2v) is 37.1. The third kappa shape index (κ3) is 18.3. The van der Waals surface area contributed by atoms with Gasteiger partial charge in [0.05, 0.1) is 71.7 Å². The predicted molar refractivity (Wildman–Crippen MR) is 470 cm³/mol. The Balaban J connectivity index is 0.000000230. The summed E-state index contributed by atoms with van der Waals surface area (Å²) < 4.78 is 66.9. The summed E-state index contributed by atoms with van der Waals surface area (Å²) in [4.78, 5) is 196. The molecule has 0 spiro atoms. The van der Waals surface area contributed by atoms with Crippen LogP contribution in [0.25, 0.3) is 0 Å². The molecule has 4 bridgehead atoms. The van der Waals surface area contributed by atoms with Crippen molar-refractivity contribution in [2.24, 2.45) is 33.5 Å². The summed E-state index contributed by atoms with van der Waals surface area (Å²) in [7, 11) is 3.15. The van der Waals surface area contributed by atoms with Crippen LogP contribution in [0.5, 0.6) is 0 Å². The van der Waals surface area contributed by atoms with Gasteiger partial charge in [0, 0.05) is 95.9 Å². The second-order valence-electron chi connectivity index (χ2n) is 37.1. The number of carbonyl (C=O) groups excluding carboxylic acids is 14. The molecule has 6 fully saturated rings. The number of nitrogens with one attached hydrogen (secondary N) is 3. The highest BCUT2D eigenvalue weighted by Gasteiger charge is 2.81. The van der Waals surface area contributed by atoms with Crippen LogP contribution in [0.4, 0.5) is 0 Å². The Kier molecular flexibility index (Phi) is 28.7. The number of hydrogen-bond acceptors (Lipinski definition) is 31. The Hall–Kier alpha value is -12.5. The molecule has 0 unspecified atom stereocenters. The van der Waals surface area contributed by atoms with Crippen LogP contribution >= 0.6 is 0 Å². The van der Waals surface area contributed by atoms with Gasteiger partial charge in [-0.3, -0.25) is 53.4 Å². The number of benzene rings is 6. The standard InChI is InChI=1S/C53H61N3O16.C47H51NO14/c1-29-35(69-49(65)43(70-39(61)25-24-38(60)55-56(7)8)41(32-18-12-9-13-19-32)54-47(63)33-20-14-10-15-21-33)27-53(66)46(71-48(64)34-22-16-11-17-23-34)44-51(6,36(59)26-37-52(44,28-67-37)72-31(3)58)45(62)42(68-30(2)57)40(29)50(53,4)5;1-25-31(60-43(56)36(52)35(28-16-10-7-11-17-28)48-41(54)29-18-12-8-13-19-29)23-47(57)40(61-42(55)30-20-14-9-15-21-30)38-45(6,32(51)22-33-46(38,24-58-33)62-27(3)50)39(53)37(59-26(2)49)34(25)44(47,4)5/h9-23,35-37,41-44,46,59,66H,24-28H2,1-8H3,(H,54,63)(H,55,60);7-21,31-33,35-38,40,51-52,57H,22-24H2,1-6H3,(H,48,54)/t35-,36-,37+,41-,42+,43+,44-,46-,51+,52-,53+;31-,32-,33+,35-,36+,37+,38-,40-,45+,46-,47+/m00/s1. The lowest BCUT2D eigenvalue weighted by Crippen LogP contribution is -2.82. The van der Waals surface area contributed by atoms with Crippen LogP contribution in [0, 0.1) is 33.5 Å². The molecule has 2 aliphatic heterocycles. The van der Waals surface area contributed by atoms with Crippen LogP contribution in [0.3, 0.4) is 0 Å². The van der Waals surface area contributed by atoms with Crippen molar-refractivity contribution >= 4 is 83.0 Å². The molecular weight excluding hydrogens is 1740 g/mol. The van der Waals surface area contributed by atoms with Gasteiger partial charge in [0.2, 0.25) is 12.0 Å². The zero-order valence-corrected chi connectivity index (χ0v) is 76.6. The molecule has 6 aromatic rings. The van der Waals surface area contributed by atoms with Gasteiger partial charge in [0.1, 0.15) is 53.9 Å². The van der Waals surface area contributed by atoms with Crippen molar-refractivity contribution in [2.75, 3.05) is 27.3 Å². The topological polar surface area (TPSA) is 481 Å². The Morgan fingerprint density at radius 2 is 0.799 bits per heavy atom. The smallest absolute Gasteiger partial charge is 0.350 e. The summed E-state index contributed by atoms with van der Waals surface area (Å²) in [6.45, 7) is 15.8. The molecule has 2 heterocycles. The molecule has 22 atom stereocenters. The summed E-state index contributed by atoms with van der Waals surface area (Å²) in [5, 5.41) is 70.6. The quantitative estimate of drug-likeness (QED) is 0.0120. The van der Waals surface area contributed by atoms with Gasteiger partial charge in [-0.1, -0.05) is 161 Å². The number of Topliss-reactive ketones (excluding diaryl/α,β-unsaturated/α-hetero) is 2. The van der Waals surface area contributed by atoms with E-state index in [0.29, 0.717) is 11.1 Å². The fraction of sp³-hybridized carbons (Fsp3) is 0.460. The first-order valence-corrected chi connectivity index (χ1v) is 44.1. The predicted octanol–water partition coefficient (Wildman–Crippen LogP) is 7.40. The van der Waals surface area contributed by atoms with E-state index in [9.17, 15) is 78.3 Å². The van der Waals surface area contributed by atoms with Crippen LogP contribution in [-0.4, -0.2) is 237 Å². The summed E-state index contributed by atoms with van der Waals surface area (Å²) in [5.41, 5.74) is -12.1. The molecule has 4 saturated carbocycles. The second kappa shape index (κ2) is 38.8. The molecule has 3 amide bonds. The monoisotopic (exact) mass is 1850 g/mol. The number of nitrogens with zero attached hydrogens (tertiary/aromatic N) is 1. The molecule has 6 aromatic carbocycles. The number of hydrogen-bond donors (Lipinski definition) is 8. The van der Waals surface area contributed by atoms with Crippen molar-refractivity contribution in [1.29, 1.82) is 0 Å². The van der Waals surface area contributed by atoms with Gasteiger partial charge in [-0.25, -0.2) is 24.2 Å². The highest BCUT2D eigenvalue weighted by molar-refractivity contribution is 5.99. The first kappa shape index (κ1) is 99.0. The van der Waals surface area contributed by atoms with Crippen LogP contribution in [0.15, 0.2) is 204 Å². The Labute approximate surface area is 773 Å². The first-order chi connectivity index (χ1) is 63.2. The number of fused-ring (bicyclic) bond motifs is 10. The van der Waals surface area contributed by atoms with Gasteiger partial charge in [-0.05, 0) is 110 Å². The lowest BCUT2D eigenvalue weighted by atomic mass is 9.44. The zero-order chi connectivity index (χ0) is 97.4. The summed E-state index contributed by atoms with van der Waals surface area (Å²) >= 11 is 0. The minimum atomic E-state index is -2.49. The maximum absolute atomic E-state index is 15.7. The van der Waals surface area contributed by atoms with Crippen molar-refractivity contribution in [3.8, 4) is 0 Å². The fourth-order valence-corrected chi connectivity index (χ4v) is 21.2. The summed E-state index contributed by atoms with van der Waals surface area (Å²) in [5.74, 6) is -15.6. The SMILES string of the molecule is CC(=O)O[C@H]1C(=O)[C@@]2(C)[C@H]([C@H](OC(=O)c3ccccc3)[C@]3(O)C[C@H](OC(=O)[C@H](O)[C@@H](NC(=O)c4ccccc4)c4ccccc4)C(C)=C1C3(C)C)[C@]1(OC(C)=O)CO[C@@H]1C[C@@H]2O.CC(=O)O[C@H]1C(=O)[C@@]2(C)[C@H]([C@H](OC(=O)c3ccccc3)[C@]3(O)C[C@H](OC(=O)[C@H](OC(=O)CCC(=O)NN(C)C)[C@@H](NC(=O)c4ccccc4)c4ccccc4)C(C)=C1C3(C)C)[C@]1(OC(C)=O)CO[C@@H]1C[C@@H]2O. The molecule has 6 aliphatic carbocycles. The lowest BCUT2D eigenvalue weighted by Gasteiger charge is -2.67. The molecule has 8 N–H and O–H groups in total. The fourth-order valence-electron chi connectivity index (χ4n) is 21.2. The van der Waals surface area contributed by atoms with Crippen molar-refractivity contribution < 1.29 is 145 Å². The third-order valence-electron chi connectivity index (χ3n) is 28.1. The molecule has 0 aromatic heterocycles. The number of aliphatic hydroxyl groups is 5. The molecule has 2 saturated heterocycles. The highest BCUT2D eigenvalue weighted by Crippen LogP contribution is 2.67. The maximum atomic E-state index is 15.7. The van der Waals surface area contributed by atoms with E-state index in [1.165, 1.54) is 82.9 Å².